The topological polar surface area (TPSA) is 16.4 Å². The van der Waals surface area contributed by atoms with Gasteiger partial charge in [0.1, 0.15) is 11.2 Å². The molecule has 282 valence electrons. The van der Waals surface area contributed by atoms with E-state index in [1.807, 2.05) is 12.1 Å². The van der Waals surface area contributed by atoms with E-state index in [2.05, 4.69) is 229 Å². The number of hydrogen-bond donors (Lipinski definition) is 0. The Morgan fingerprint density at radius 3 is 1.47 bits per heavy atom. The van der Waals surface area contributed by atoms with Crippen LogP contribution < -0.4 is 4.90 Å². The molecule has 11 aromatic rings. The number of fused-ring (bicyclic) bond motifs is 4. The van der Waals surface area contributed by atoms with Crippen LogP contribution in [0.25, 0.3) is 88.3 Å². The number of furan rings is 1. The molecule has 0 amide bonds. The van der Waals surface area contributed by atoms with Crippen molar-refractivity contribution in [2.45, 2.75) is 0 Å². The monoisotopic (exact) mass is 765 g/mol. The van der Waals surface area contributed by atoms with Gasteiger partial charge in [0.15, 0.2) is 0 Å². The van der Waals surface area contributed by atoms with Gasteiger partial charge in [-0.25, -0.2) is 0 Å². The highest BCUT2D eigenvalue weighted by molar-refractivity contribution is 6.12. The summed E-state index contributed by atoms with van der Waals surface area (Å²) < 4.78 is 6.29. The van der Waals surface area contributed by atoms with E-state index < -0.39 is 0 Å². The Kier molecular flexibility index (Phi) is 8.87. The lowest BCUT2D eigenvalue weighted by Gasteiger charge is -2.26. The second-order valence-corrected chi connectivity index (χ2v) is 15.3. The van der Waals surface area contributed by atoms with Crippen molar-refractivity contribution in [3.8, 4) is 55.6 Å². The fourth-order valence-electron chi connectivity index (χ4n) is 8.61. The molecule has 0 saturated heterocycles. The maximum absolute atomic E-state index is 6.29. The molecule has 0 saturated carbocycles. The van der Waals surface area contributed by atoms with Crippen LogP contribution in [-0.2, 0) is 0 Å². The van der Waals surface area contributed by atoms with E-state index in [9.17, 15) is 0 Å². The highest BCUT2D eigenvalue weighted by atomic mass is 16.3. The molecule has 1 aromatic heterocycles. The van der Waals surface area contributed by atoms with Crippen LogP contribution in [0.4, 0.5) is 17.1 Å². The zero-order chi connectivity index (χ0) is 39.8. The van der Waals surface area contributed by atoms with Gasteiger partial charge in [-0.05, 0) is 127 Å². The van der Waals surface area contributed by atoms with E-state index in [1.165, 1.54) is 55.3 Å². The first kappa shape index (κ1) is 35.2. The predicted molar refractivity (Wildman–Crippen MR) is 253 cm³/mol. The first-order valence-electron chi connectivity index (χ1n) is 20.5. The summed E-state index contributed by atoms with van der Waals surface area (Å²) in [4.78, 5) is 2.36. The van der Waals surface area contributed by atoms with Gasteiger partial charge in [-0.3, -0.25) is 0 Å². The Morgan fingerprint density at radius 1 is 0.267 bits per heavy atom. The van der Waals surface area contributed by atoms with Crippen molar-refractivity contribution in [3.63, 3.8) is 0 Å². The minimum Gasteiger partial charge on any atom is -0.456 e. The first-order valence-corrected chi connectivity index (χ1v) is 20.5. The van der Waals surface area contributed by atoms with Gasteiger partial charge in [-0.15, -0.1) is 0 Å². The highest BCUT2D eigenvalue weighted by Gasteiger charge is 2.17. The maximum Gasteiger partial charge on any atom is 0.136 e. The van der Waals surface area contributed by atoms with E-state index in [4.69, 9.17) is 4.42 Å². The van der Waals surface area contributed by atoms with Crippen LogP contribution in [0, 0.1) is 0 Å². The molecule has 0 atom stereocenters. The molecule has 0 aliphatic carbocycles. The predicted octanol–water partition coefficient (Wildman–Crippen LogP) is 16.5. The summed E-state index contributed by atoms with van der Waals surface area (Å²) in [6.07, 6.45) is 0. The molecule has 0 aliphatic rings. The SMILES string of the molecule is c1ccc(-c2cccc(-c3ccc(N(c4ccc(-c5ccc(-c6ccc7ccccc7c6)cc5)cc4)c4cccc(-c5cccc6oc7ccccc7c56)c4)cc3)c2)cc1. The number of nitrogens with zero attached hydrogens (tertiary/aromatic N) is 1. The third kappa shape index (κ3) is 6.61. The Labute approximate surface area is 349 Å². The minimum atomic E-state index is 0.892. The Hall–Kier alpha value is -7.94. The zero-order valence-electron chi connectivity index (χ0n) is 32.9. The first-order chi connectivity index (χ1) is 29.7. The van der Waals surface area contributed by atoms with Crippen LogP contribution in [0.2, 0.25) is 0 Å². The molecule has 0 radical (unpaired) electrons. The van der Waals surface area contributed by atoms with Crippen molar-refractivity contribution in [1.29, 1.82) is 0 Å². The maximum atomic E-state index is 6.29. The lowest BCUT2D eigenvalue weighted by molar-refractivity contribution is 0.669. The van der Waals surface area contributed by atoms with E-state index in [0.717, 1.165) is 50.1 Å². The summed E-state index contributed by atoms with van der Waals surface area (Å²) in [5.74, 6) is 0. The molecule has 0 bridgehead atoms. The third-order valence-corrected chi connectivity index (χ3v) is 11.7. The molecule has 2 nitrogen and oxygen atoms in total. The molecule has 10 aromatic carbocycles. The quantitative estimate of drug-likeness (QED) is 0.153. The van der Waals surface area contributed by atoms with Crippen LogP contribution in [0.5, 0.6) is 0 Å². The van der Waals surface area contributed by atoms with Crippen LogP contribution in [0.3, 0.4) is 0 Å². The van der Waals surface area contributed by atoms with E-state index in [-0.39, 0.29) is 0 Å². The van der Waals surface area contributed by atoms with Gasteiger partial charge in [0.25, 0.3) is 0 Å². The van der Waals surface area contributed by atoms with Crippen LogP contribution >= 0.6 is 0 Å². The third-order valence-electron chi connectivity index (χ3n) is 11.7. The standard InChI is InChI=1S/C58H39NO/c1-2-11-40(12-3-1)47-15-8-16-48(37-47)45-31-35-52(36-32-45)59(53-18-9-17-50(39-53)54-20-10-22-57-58(54)55-19-6-7-21-56(55)60-57)51-33-29-43(30-34-51)42-23-25-44(26-24-42)49-28-27-41-13-4-5-14-46(41)38-49/h1-39H. The second-order valence-electron chi connectivity index (χ2n) is 15.3. The van der Waals surface area contributed by atoms with E-state index in [1.54, 1.807) is 0 Å². The molecule has 60 heavy (non-hydrogen) atoms. The molecule has 0 aliphatic heterocycles. The van der Waals surface area contributed by atoms with Crippen molar-refractivity contribution in [2.24, 2.45) is 0 Å². The average molecular weight is 766 g/mol. The number of para-hydroxylation sites is 1. The fraction of sp³-hybridized carbons (Fsp3) is 0. The van der Waals surface area contributed by atoms with Crippen LogP contribution in [0.15, 0.2) is 241 Å². The Balaban J connectivity index is 0.964. The normalized spacial score (nSPS) is 11.3. The smallest absolute Gasteiger partial charge is 0.136 e. The van der Waals surface area contributed by atoms with Crippen molar-refractivity contribution < 1.29 is 4.42 Å². The molecule has 0 fully saturated rings. The molecule has 0 spiro atoms. The lowest BCUT2D eigenvalue weighted by atomic mass is 9.97. The fourth-order valence-corrected chi connectivity index (χ4v) is 8.61. The summed E-state index contributed by atoms with van der Waals surface area (Å²) in [6.45, 7) is 0. The van der Waals surface area contributed by atoms with Gasteiger partial charge >= 0.3 is 0 Å². The van der Waals surface area contributed by atoms with Crippen molar-refractivity contribution in [2.75, 3.05) is 4.90 Å². The second kappa shape index (κ2) is 15.1. The number of hydrogen-bond acceptors (Lipinski definition) is 2. The summed E-state index contributed by atoms with van der Waals surface area (Å²) in [7, 11) is 0. The molecule has 0 unspecified atom stereocenters. The summed E-state index contributed by atoms with van der Waals surface area (Å²) in [5, 5.41) is 4.77. The molecular weight excluding hydrogens is 727 g/mol. The average Bonchev–Trinajstić information content (AvgIpc) is 3.72. The van der Waals surface area contributed by atoms with Gasteiger partial charge < -0.3 is 9.32 Å². The van der Waals surface area contributed by atoms with Crippen LogP contribution in [-0.4, -0.2) is 0 Å². The molecule has 0 N–H and O–H groups in total. The highest BCUT2D eigenvalue weighted by Crippen LogP contribution is 2.41. The summed E-state index contributed by atoms with van der Waals surface area (Å²) in [5.41, 5.74) is 16.9. The molecule has 1 heterocycles. The number of benzene rings is 10. The van der Waals surface area contributed by atoms with Gasteiger partial charge in [0.2, 0.25) is 0 Å². The number of rotatable bonds is 8. The lowest BCUT2D eigenvalue weighted by Crippen LogP contribution is -2.10. The molecular formula is C58H39NO. The van der Waals surface area contributed by atoms with Gasteiger partial charge in [0.05, 0.1) is 0 Å². The van der Waals surface area contributed by atoms with Crippen LogP contribution in [0.1, 0.15) is 0 Å². The van der Waals surface area contributed by atoms with Gasteiger partial charge in [-0.2, -0.15) is 0 Å². The van der Waals surface area contributed by atoms with Crippen molar-refractivity contribution in [1.82, 2.24) is 0 Å². The largest absolute Gasteiger partial charge is 0.456 e. The van der Waals surface area contributed by atoms with E-state index >= 15 is 0 Å². The Bertz CT molecular complexity index is 3290. The Morgan fingerprint density at radius 2 is 0.750 bits per heavy atom. The van der Waals surface area contributed by atoms with Crippen molar-refractivity contribution in [3.05, 3.63) is 237 Å². The van der Waals surface area contributed by atoms with E-state index in [0.29, 0.717) is 0 Å². The zero-order valence-corrected chi connectivity index (χ0v) is 32.9. The number of anilines is 3. The minimum absolute atomic E-state index is 0.892. The summed E-state index contributed by atoms with van der Waals surface area (Å²) >= 11 is 0. The van der Waals surface area contributed by atoms with Crippen molar-refractivity contribution >= 4 is 49.8 Å². The molecule has 2 heteroatoms. The summed E-state index contributed by atoms with van der Waals surface area (Å²) in [6, 6.07) is 84.9. The van der Waals surface area contributed by atoms with Gasteiger partial charge in [0, 0.05) is 27.8 Å². The van der Waals surface area contributed by atoms with Gasteiger partial charge in [-0.1, -0.05) is 176 Å². The molecule has 11 rings (SSSR count).